The third-order valence-corrected chi connectivity index (χ3v) is 3.18. The molecule has 1 saturated heterocycles. The molecule has 1 unspecified atom stereocenters. The molecule has 1 atom stereocenters. The molecule has 1 aliphatic rings. The molecular weight excluding hydrogens is 230 g/mol. The van der Waals surface area contributed by atoms with Gasteiger partial charge in [-0.25, -0.2) is 13.1 Å². The fourth-order valence-corrected chi connectivity index (χ4v) is 2.13. The van der Waals surface area contributed by atoms with Crippen molar-refractivity contribution in [1.29, 1.82) is 0 Å². The fraction of sp³-hybridized carbons (Fsp3) is 0.889. The molecule has 1 aliphatic heterocycles. The minimum atomic E-state index is -3.16. The first kappa shape index (κ1) is 13.4. The summed E-state index contributed by atoms with van der Waals surface area (Å²) in [6.07, 6.45) is 2.65. The summed E-state index contributed by atoms with van der Waals surface area (Å²) in [6.45, 7) is 2.46. The minimum absolute atomic E-state index is 0.0102. The van der Waals surface area contributed by atoms with E-state index < -0.39 is 10.0 Å². The van der Waals surface area contributed by atoms with Crippen LogP contribution < -0.4 is 15.4 Å². The molecule has 1 fully saturated rings. The third-order valence-electron chi connectivity index (χ3n) is 2.45. The Bertz CT molecular complexity index is 323. The molecule has 1 rings (SSSR count). The summed E-state index contributed by atoms with van der Waals surface area (Å²) in [5.41, 5.74) is 0. The molecule has 0 radical (unpaired) electrons. The van der Waals surface area contributed by atoms with Crippen LogP contribution in [0.4, 0.5) is 0 Å². The lowest BCUT2D eigenvalue weighted by Crippen LogP contribution is -2.35. The van der Waals surface area contributed by atoms with E-state index in [-0.39, 0.29) is 12.5 Å². The van der Waals surface area contributed by atoms with Gasteiger partial charge in [-0.2, -0.15) is 0 Å². The van der Waals surface area contributed by atoms with Gasteiger partial charge in [-0.15, -0.1) is 0 Å². The highest BCUT2D eigenvalue weighted by atomic mass is 32.2. The average molecular weight is 249 g/mol. The number of hydrogen-bond donors (Lipinski definition) is 3. The second-order valence-corrected chi connectivity index (χ2v) is 5.91. The van der Waals surface area contributed by atoms with Crippen LogP contribution in [0.15, 0.2) is 0 Å². The topological polar surface area (TPSA) is 87.3 Å². The molecule has 3 N–H and O–H groups in total. The number of nitrogens with one attached hydrogen (secondary N) is 3. The summed E-state index contributed by atoms with van der Waals surface area (Å²) in [6, 6.07) is 0. The molecule has 0 aromatic rings. The summed E-state index contributed by atoms with van der Waals surface area (Å²) in [5, 5.41) is 5.88. The second-order valence-electron chi connectivity index (χ2n) is 4.08. The van der Waals surface area contributed by atoms with Crippen molar-refractivity contribution in [3.8, 4) is 0 Å². The van der Waals surface area contributed by atoms with E-state index in [1.807, 2.05) is 0 Å². The van der Waals surface area contributed by atoms with E-state index in [0.717, 1.165) is 25.8 Å². The zero-order valence-corrected chi connectivity index (χ0v) is 10.3. The van der Waals surface area contributed by atoms with Crippen LogP contribution in [0.25, 0.3) is 0 Å². The van der Waals surface area contributed by atoms with Crippen molar-refractivity contribution in [2.75, 3.05) is 32.4 Å². The van der Waals surface area contributed by atoms with Gasteiger partial charge in [-0.3, -0.25) is 4.79 Å². The Labute approximate surface area is 96.2 Å². The largest absolute Gasteiger partial charge is 0.355 e. The van der Waals surface area contributed by atoms with E-state index in [2.05, 4.69) is 15.4 Å². The van der Waals surface area contributed by atoms with Crippen LogP contribution in [0.5, 0.6) is 0 Å². The molecule has 7 heteroatoms. The van der Waals surface area contributed by atoms with E-state index in [0.29, 0.717) is 18.9 Å². The summed E-state index contributed by atoms with van der Waals surface area (Å²) >= 11 is 0. The maximum atomic E-state index is 11.4. The van der Waals surface area contributed by atoms with Gasteiger partial charge in [0.15, 0.2) is 0 Å². The predicted octanol–water partition coefficient (Wildman–Crippen LogP) is -1.35. The molecule has 0 aromatic carbocycles. The highest BCUT2D eigenvalue weighted by Crippen LogP contribution is 2.11. The van der Waals surface area contributed by atoms with Crippen LogP contribution in [0.3, 0.4) is 0 Å². The van der Waals surface area contributed by atoms with Crippen LogP contribution in [0.1, 0.15) is 12.8 Å². The molecule has 16 heavy (non-hydrogen) atoms. The van der Waals surface area contributed by atoms with Crippen LogP contribution in [0.2, 0.25) is 0 Å². The lowest BCUT2D eigenvalue weighted by Gasteiger charge is -2.09. The van der Waals surface area contributed by atoms with Gasteiger partial charge in [0.05, 0.1) is 6.26 Å². The first-order chi connectivity index (χ1) is 7.47. The summed E-state index contributed by atoms with van der Waals surface area (Å²) in [5.74, 6) is 0.409. The van der Waals surface area contributed by atoms with Crippen molar-refractivity contribution in [2.24, 2.45) is 5.92 Å². The molecule has 0 spiro atoms. The minimum Gasteiger partial charge on any atom is -0.355 e. The van der Waals surface area contributed by atoms with Crippen molar-refractivity contribution in [3.63, 3.8) is 0 Å². The maximum Gasteiger partial charge on any atom is 0.220 e. The van der Waals surface area contributed by atoms with Crippen LogP contribution in [-0.4, -0.2) is 46.8 Å². The molecule has 0 saturated carbocycles. The zero-order valence-electron chi connectivity index (χ0n) is 9.45. The first-order valence-corrected chi connectivity index (χ1v) is 7.28. The van der Waals surface area contributed by atoms with Gasteiger partial charge in [-0.05, 0) is 25.4 Å². The Morgan fingerprint density at radius 2 is 2.19 bits per heavy atom. The van der Waals surface area contributed by atoms with Crippen molar-refractivity contribution in [3.05, 3.63) is 0 Å². The highest BCUT2D eigenvalue weighted by Gasteiger charge is 2.17. The molecular formula is C9H19N3O3S. The molecule has 0 bridgehead atoms. The van der Waals surface area contributed by atoms with E-state index >= 15 is 0 Å². The second kappa shape index (κ2) is 6.17. The van der Waals surface area contributed by atoms with Gasteiger partial charge in [-0.1, -0.05) is 0 Å². The fourth-order valence-electron chi connectivity index (χ4n) is 1.66. The lowest BCUT2D eigenvalue weighted by molar-refractivity contribution is -0.121. The van der Waals surface area contributed by atoms with Crippen LogP contribution >= 0.6 is 0 Å². The van der Waals surface area contributed by atoms with E-state index in [4.69, 9.17) is 0 Å². The normalized spacial score (nSPS) is 20.9. The smallest absolute Gasteiger partial charge is 0.220 e. The van der Waals surface area contributed by atoms with Crippen molar-refractivity contribution in [2.45, 2.75) is 12.8 Å². The quantitative estimate of drug-likeness (QED) is 0.508. The third kappa shape index (κ3) is 6.04. The molecule has 1 heterocycles. The van der Waals surface area contributed by atoms with Gasteiger partial charge in [0.1, 0.15) is 0 Å². The monoisotopic (exact) mass is 249 g/mol. The van der Waals surface area contributed by atoms with Gasteiger partial charge < -0.3 is 10.6 Å². The van der Waals surface area contributed by atoms with E-state index in [9.17, 15) is 13.2 Å². The van der Waals surface area contributed by atoms with E-state index in [1.54, 1.807) is 0 Å². The molecule has 0 aliphatic carbocycles. The first-order valence-electron chi connectivity index (χ1n) is 5.39. The predicted molar refractivity (Wildman–Crippen MR) is 61.4 cm³/mol. The standard InChI is InChI=1S/C9H19N3O3S/c1-16(14,15)12-5-4-11-9(13)6-8-2-3-10-7-8/h8,10,12H,2-7H2,1H3,(H,11,13). The average Bonchev–Trinajstić information content (AvgIpc) is 2.63. The van der Waals surface area contributed by atoms with Gasteiger partial charge >= 0.3 is 0 Å². The Hall–Kier alpha value is -0.660. The molecule has 6 nitrogen and oxygen atoms in total. The Morgan fingerprint density at radius 1 is 1.44 bits per heavy atom. The summed E-state index contributed by atoms with van der Waals surface area (Å²) < 4.78 is 23.8. The number of hydrogen-bond acceptors (Lipinski definition) is 4. The highest BCUT2D eigenvalue weighted by molar-refractivity contribution is 7.88. The SMILES string of the molecule is CS(=O)(=O)NCCNC(=O)CC1CCNC1. The zero-order chi connectivity index (χ0) is 12.0. The van der Waals surface area contributed by atoms with Gasteiger partial charge in [0, 0.05) is 19.5 Å². The molecule has 1 amide bonds. The van der Waals surface area contributed by atoms with Crippen LogP contribution in [-0.2, 0) is 14.8 Å². The number of rotatable bonds is 6. The molecule has 0 aromatic heterocycles. The van der Waals surface area contributed by atoms with Crippen molar-refractivity contribution >= 4 is 15.9 Å². The van der Waals surface area contributed by atoms with Crippen molar-refractivity contribution < 1.29 is 13.2 Å². The number of carbonyl (C=O) groups is 1. The maximum absolute atomic E-state index is 11.4. The lowest BCUT2D eigenvalue weighted by atomic mass is 10.0. The van der Waals surface area contributed by atoms with Crippen molar-refractivity contribution in [1.82, 2.24) is 15.4 Å². The summed E-state index contributed by atoms with van der Waals surface area (Å²) in [7, 11) is -3.16. The number of amides is 1. The summed E-state index contributed by atoms with van der Waals surface area (Å²) in [4.78, 5) is 11.4. The Balaban J connectivity index is 2.06. The number of sulfonamides is 1. The Kier molecular flexibility index (Phi) is 5.17. The molecule has 94 valence electrons. The van der Waals surface area contributed by atoms with Gasteiger partial charge in [0.2, 0.25) is 15.9 Å². The number of carbonyl (C=O) groups excluding carboxylic acids is 1. The van der Waals surface area contributed by atoms with Gasteiger partial charge in [0.25, 0.3) is 0 Å². The Morgan fingerprint density at radius 3 is 2.75 bits per heavy atom. The van der Waals surface area contributed by atoms with E-state index in [1.165, 1.54) is 0 Å². The van der Waals surface area contributed by atoms with Crippen LogP contribution in [0, 0.1) is 5.92 Å².